The predicted molar refractivity (Wildman–Crippen MR) is 155 cm³/mol. The van der Waals surface area contributed by atoms with Gasteiger partial charge in [-0.3, -0.25) is 9.69 Å². The number of nitrogens with zero attached hydrogens (tertiary/aromatic N) is 3. The minimum atomic E-state index is -0.133. The summed E-state index contributed by atoms with van der Waals surface area (Å²) < 4.78 is 5.95. The monoisotopic (exact) mass is 509 g/mol. The first-order valence-electron chi connectivity index (χ1n) is 13.3. The van der Waals surface area contributed by atoms with Crippen LogP contribution in [0.25, 0.3) is 22.4 Å². The van der Waals surface area contributed by atoms with Gasteiger partial charge in [-0.25, -0.2) is 4.98 Å². The molecule has 2 heterocycles. The number of benzene rings is 3. The molecule has 196 valence electrons. The first-order chi connectivity index (χ1) is 18.6. The number of carbonyl (C=O) groups excluding carboxylic acids is 1. The Morgan fingerprint density at radius 2 is 1.79 bits per heavy atom. The van der Waals surface area contributed by atoms with Crippen LogP contribution in [0.1, 0.15) is 19.4 Å². The van der Waals surface area contributed by atoms with E-state index >= 15 is 0 Å². The van der Waals surface area contributed by atoms with E-state index in [1.54, 1.807) is 6.08 Å². The van der Waals surface area contributed by atoms with Crippen LogP contribution in [0.15, 0.2) is 78.9 Å². The van der Waals surface area contributed by atoms with Crippen molar-refractivity contribution in [3.8, 4) is 17.1 Å². The molecule has 1 aromatic heterocycles. The lowest BCUT2D eigenvalue weighted by Crippen LogP contribution is -2.47. The van der Waals surface area contributed by atoms with Crippen molar-refractivity contribution in [3.63, 3.8) is 0 Å². The molecular weight excluding hydrogens is 474 g/mol. The fourth-order valence-electron chi connectivity index (χ4n) is 4.78. The molecule has 7 heteroatoms. The van der Waals surface area contributed by atoms with E-state index in [2.05, 4.69) is 69.5 Å². The highest BCUT2D eigenvalue weighted by atomic mass is 16.5. The number of anilines is 2. The number of H-pyrrole nitrogens is 1. The van der Waals surface area contributed by atoms with Crippen LogP contribution in [-0.2, 0) is 11.2 Å². The quantitative estimate of drug-likeness (QED) is 0.291. The summed E-state index contributed by atoms with van der Waals surface area (Å²) in [6.45, 7) is 9.34. The Morgan fingerprint density at radius 1 is 1.03 bits per heavy atom. The lowest BCUT2D eigenvalue weighted by molar-refractivity contribution is -0.111. The molecule has 1 aliphatic rings. The summed E-state index contributed by atoms with van der Waals surface area (Å²) in [6, 6.07) is 22.5. The average Bonchev–Trinajstić information content (AvgIpc) is 3.39. The van der Waals surface area contributed by atoms with Crippen LogP contribution in [-0.4, -0.2) is 60.1 Å². The number of aromatic amines is 1. The number of nitrogens with one attached hydrogen (secondary N) is 2. The van der Waals surface area contributed by atoms with Crippen molar-refractivity contribution in [2.45, 2.75) is 20.3 Å². The Labute approximate surface area is 224 Å². The molecule has 4 aromatic rings. The summed E-state index contributed by atoms with van der Waals surface area (Å²) in [5.74, 6) is 1.59. The smallest absolute Gasteiger partial charge is 0.248 e. The van der Waals surface area contributed by atoms with Crippen LogP contribution in [0.5, 0.6) is 5.75 Å². The minimum Gasteiger partial charge on any atom is -0.492 e. The molecule has 5 rings (SSSR count). The van der Waals surface area contributed by atoms with Crippen molar-refractivity contribution in [1.82, 2.24) is 14.9 Å². The van der Waals surface area contributed by atoms with Crippen molar-refractivity contribution in [3.05, 3.63) is 84.4 Å². The molecular formula is C31H35N5O2. The summed E-state index contributed by atoms with van der Waals surface area (Å²) in [4.78, 5) is 25.0. The van der Waals surface area contributed by atoms with Crippen LogP contribution in [0, 0.1) is 0 Å². The number of imidazole rings is 1. The third-order valence-corrected chi connectivity index (χ3v) is 6.96. The van der Waals surface area contributed by atoms with Crippen LogP contribution >= 0.6 is 0 Å². The van der Waals surface area contributed by atoms with E-state index in [9.17, 15) is 4.79 Å². The topological polar surface area (TPSA) is 73.5 Å². The zero-order valence-electron chi connectivity index (χ0n) is 22.1. The van der Waals surface area contributed by atoms with Gasteiger partial charge in [-0.1, -0.05) is 43.3 Å². The lowest BCUT2D eigenvalue weighted by atomic mass is 10.1. The van der Waals surface area contributed by atoms with Gasteiger partial charge >= 0.3 is 0 Å². The highest BCUT2D eigenvalue weighted by molar-refractivity contribution is 5.99. The van der Waals surface area contributed by atoms with Gasteiger partial charge in [0.05, 0.1) is 11.2 Å². The maximum Gasteiger partial charge on any atom is 0.248 e. The number of aryl methyl sites for hydroxylation is 1. The van der Waals surface area contributed by atoms with E-state index in [0.717, 1.165) is 73.0 Å². The van der Waals surface area contributed by atoms with Crippen molar-refractivity contribution < 1.29 is 9.53 Å². The molecule has 0 aliphatic carbocycles. The summed E-state index contributed by atoms with van der Waals surface area (Å²) in [5.41, 5.74) is 6.49. The van der Waals surface area contributed by atoms with Gasteiger partial charge in [0.1, 0.15) is 23.7 Å². The van der Waals surface area contributed by atoms with Crippen LogP contribution in [0.4, 0.5) is 11.4 Å². The molecule has 0 atom stereocenters. The number of allylic oxidation sites excluding steroid dienone is 1. The van der Waals surface area contributed by atoms with E-state index < -0.39 is 0 Å². The Balaban J connectivity index is 1.13. The molecule has 0 saturated carbocycles. The van der Waals surface area contributed by atoms with Gasteiger partial charge in [0.2, 0.25) is 5.91 Å². The number of amides is 1. The Kier molecular flexibility index (Phi) is 8.04. The maximum absolute atomic E-state index is 11.7. The highest BCUT2D eigenvalue weighted by Crippen LogP contribution is 2.29. The van der Waals surface area contributed by atoms with Gasteiger partial charge in [0.15, 0.2) is 0 Å². The zero-order chi connectivity index (χ0) is 26.3. The van der Waals surface area contributed by atoms with Gasteiger partial charge < -0.3 is 19.9 Å². The second-order valence-corrected chi connectivity index (χ2v) is 9.50. The molecule has 3 aromatic carbocycles. The number of fused-ring (bicyclic) bond motifs is 1. The fraction of sp³-hybridized carbons (Fsp3) is 0.290. The number of ether oxygens (including phenoxy) is 1. The van der Waals surface area contributed by atoms with Crippen molar-refractivity contribution >= 4 is 28.3 Å². The van der Waals surface area contributed by atoms with E-state index in [1.807, 2.05) is 31.2 Å². The second kappa shape index (κ2) is 12.0. The number of carbonyl (C=O) groups is 1. The Morgan fingerprint density at radius 3 is 2.50 bits per heavy atom. The summed E-state index contributed by atoms with van der Waals surface area (Å²) in [7, 11) is 0. The Hall–Kier alpha value is -4.10. The fourth-order valence-corrected chi connectivity index (χ4v) is 4.78. The van der Waals surface area contributed by atoms with Gasteiger partial charge in [0, 0.05) is 44.0 Å². The first-order valence-corrected chi connectivity index (χ1v) is 13.3. The molecule has 1 saturated heterocycles. The van der Waals surface area contributed by atoms with E-state index in [4.69, 9.17) is 9.72 Å². The van der Waals surface area contributed by atoms with E-state index in [-0.39, 0.29) is 5.91 Å². The molecule has 1 aliphatic heterocycles. The largest absolute Gasteiger partial charge is 0.492 e. The molecule has 1 amide bonds. The summed E-state index contributed by atoms with van der Waals surface area (Å²) in [5, 5.41) is 2.82. The lowest BCUT2D eigenvalue weighted by Gasteiger charge is -2.36. The molecule has 7 nitrogen and oxygen atoms in total. The van der Waals surface area contributed by atoms with E-state index in [1.165, 1.54) is 17.3 Å². The van der Waals surface area contributed by atoms with Crippen LogP contribution < -0.4 is 15.0 Å². The molecule has 0 unspecified atom stereocenters. The SMILES string of the molecule is C/C=C/C(=O)Nc1ccc(OCCN2CCN(c3cccc4[nH]c(-c5ccc(CC)cc5)nc34)CC2)cc1. The number of piperazine rings is 1. The van der Waals surface area contributed by atoms with Gasteiger partial charge in [0.25, 0.3) is 0 Å². The highest BCUT2D eigenvalue weighted by Gasteiger charge is 2.20. The van der Waals surface area contributed by atoms with Gasteiger partial charge in [-0.15, -0.1) is 0 Å². The summed E-state index contributed by atoms with van der Waals surface area (Å²) >= 11 is 0. The molecule has 1 fully saturated rings. The normalized spacial score (nSPS) is 14.3. The number of rotatable bonds is 9. The average molecular weight is 510 g/mol. The number of hydrogen-bond acceptors (Lipinski definition) is 5. The van der Waals surface area contributed by atoms with Gasteiger partial charge in [-0.05, 0) is 61.4 Å². The first kappa shape index (κ1) is 25.5. The molecule has 0 spiro atoms. The van der Waals surface area contributed by atoms with Gasteiger partial charge in [-0.2, -0.15) is 0 Å². The van der Waals surface area contributed by atoms with Crippen LogP contribution in [0.3, 0.4) is 0 Å². The minimum absolute atomic E-state index is 0.133. The molecule has 2 N–H and O–H groups in total. The third kappa shape index (κ3) is 6.06. The molecule has 38 heavy (non-hydrogen) atoms. The maximum atomic E-state index is 11.7. The number of aromatic nitrogens is 2. The van der Waals surface area contributed by atoms with Crippen molar-refractivity contribution in [2.24, 2.45) is 0 Å². The molecule has 0 bridgehead atoms. The van der Waals surface area contributed by atoms with Crippen molar-refractivity contribution in [1.29, 1.82) is 0 Å². The number of hydrogen-bond donors (Lipinski definition) is 2. The second-order valence-electron chi connectivity index (χ2n) is 9.50. The van der Waals surface area contributed by atoms with E-state index in [0.29, 0.717) is 6.61 Å². The van der Waals surface area contributed by atoms with Crippen LogP contribution in [0.2, 0.25) is 0 Å². The Bertz CT molecular complexity index is 1380. The molecule has 0 radical (unpaired) electrons. The van der Waals surface area contributed by atoms with Crippen molar-refractivity contribution in [2.75, 3.05) is 49.5 Å². The summed E-state index contributed by atoms with van der Waals surface area (Å²) in [6.07, 6.45) is 4.25. The number of para-hydroxylation sites is 1. The predicted octanol–water partition coefficient (Wildman–Crippen LogP) is 5.51. The zero-order valence-corrected chi connectivity index (χ0v) is 22.1. The third-order valence-electron chi connectivity index (χ3n) is 6.96. The standard InChI is InChI=1S/C31H35N5O2/c1-3-6-29(37)32-25-13-15-26(16-14-25)38-22-21-35-17-19-36(20-18-35)28-8-5-7-27-30(28)34-31(33-27)24-11-9-23(4-2)10-12-24/h3,5-16H,4,17-22H2,1-2H3,(H,32,37)(H,33,34)/b6-3+.